The Balaban J connectivity index is 3.21. The monoisotopic (exact) mass is 218 g/mol. The first kappa shape index (κ1) is 8.67. The first-order chi connectivity index (χ1) is 4.93. The number of aryl methyl sites for hydroxylation is 1. The van der Waals surface area contributed by atoms with Crippen LogP contribution in [-0.2, 0) is 12.6 Å². The molecule has 0 radical (unpaired) electrons. The predicted octanol–water partition coefficient (Wildman–Crippen LogP) is 0.771. The van der Waals surface area contributed by atoms with E-state index in [1.807, 2.05) is 20.9 Å². The van der Waals surface area contributed by atoms with Gasteiger partial charge in [0.1, 0.15) is 0 Å². The third kappa shape index (κ3) is 1.59. The molecule has 0 aromatic carbocycles. The van der Waals surface area contributed by atoms with Crippen molar-refractivity contribution in [2.75, 3.05) is 0 Å². The highest BCUT2D eigenvalue weighted by Crippen LogP contribution is 2.22. The maximum absolute atomic E-state index is 5.87. The predicted molar refractivity (Wildman–Crippen MR) is 45.9 cm³/mol. The van der Waals surface area contributed by atoms with E-state index in [4.69, 9.17) is 5.73 Å². The van der Waals surface area contributed by atoms with E-state index >= 15 is 0 Å². The Bertz CT molecular complexity index is 241. The van der Waals surface area contributed by atoms with Crippen LogP contribution in [0.15, 0.2) is 4.60 Å². The molecule has 0 unspecified atom stereocenters. The summed E-state index contributed by atoms with van der Waals surface area (Å²) < 4.78 is 2.39. The lowest BCUT2D eigenvalue weighted by Gasteiger charge is -2.18. The van der Waals surface area contributed by atoms with Crippen molar-refractivity contribution in [3.8, 4) is 0 Å². The molecule has 0 saturated carbocycles. The molecule has 0 aliphatic rings. The van der Waals surface area contributed by atoms with Gasteiger partial charge in [0.15, 0.2) is 4.60 Å². The zero-order valence-electron chi connectivity index (χ0n) is 6.80. The second-order valence-corrected chi connectivity index (χ2v) is 3.83. The van der Waals surface area contributed by atoms with Gasteiger partial charge < -0.3 is 5.73 Å². The fourth-order valence-corrected chi connectivity index (χ4v) is 1.85. The third-order valence-corrected chi connectivity index (χ3v) is 1.93. The molecule has 0 saturated heterocycles. The largest absolute Gasteiger partial charge is 0.321 e. The molecular weight excluding hydrogens is 208 g/mol. The molecule has 0 amide bonds. The lowest BCUT2D eigenvalue weighted by Crippen LogP contribution is -2.31. The molecule has 1 rings (SSSR count). The Morgan fingerprint density at radius 2 is 2.09 bits per heavy atom. The smallest absolute Gasteiger partial charge is 0.153 e. The highest BCUT2D eigenvalue weighted by molar-refractivity contribution is 9.10. The summed E-state index contributed by atoms with van der Waals surface area (Å²) in [5, 5.41) is 7.65. The number of halogens is 1. The summed E-state index contributed by atoms with van der Waals surface area (Å²) in [4.78, 5) is 0. The topological polar surface area (TPSA) is 56.7 Å². The van der Waals surface area contributed by atoms with Gasteiger partial charge in [0, 0.05) is 7.05 Å². The minimum Gasteiger partial charge on any atom is -0.321 e. The van der Waals surface area contributed by atoms with Crippen molar-refractivity contribution >= 4 is 15.9 Å². The number of nitrogens with two attached hydrogens (primary N) is 1. The molecule has 1 aromatic rings. The van der Waals surface area contributed by atoms with Gasteiger partial charge in [-0.25, -0.2) is 4.68 Å². The maximum atomic E-state index is 5.87. The van der Waals surface area contributed by atoms with E-state index in [1.165, 1.54) is 0 Å². The molecular formula is C6H11BrN4. The van der Waals surface area contributed by atoms with E-state index in [9.17, 15) is 0 Å². The number of hydrogen-bond acceptors (Lipinski definition) is 3. The van der Waals surface area contributed by atoms with Gasteiger partial charge in [0.25, 0.3) is 0 Å². The van der Waals surface area contributed by atoms with E-state index in [0.29, 0.717) is 4.60 Å². The van der Waals surface area contributed by atoms with Gasteiger partial charge in [-0.3, -0.25) is 0 Å². The number of nitrogens with zero attached hydrogens (tertiary/aromatic N) is 3. The van der Waals surface area contributed by atoms with Crippen LogP contribution in [0.2, 0.25) is 0 Å². The number of rotatable bonds is 1. The summed E-state index contributed by atoms with van der Waals surface area (Å²) in [6.45, 7) is 3.83. The second kappa shape index (κ2) is 2.57. The zero-order chi connectivity index (χ0) is 8.65. The van der Waals surface area contributed by atoms with Gasteiger partial charge in [0.05, 0.1) is 11.2 Å². The summed E-state index contributed by atoms with van der Waals surface area (Å²) in [7, 11) is 1.82. The molecule has 1 heterocycles. The molecule has 11 heavy (non-hydrogen) atoms. The Morgan fingerprint density at radius 1 is 1.55 bits per heavy atom. The summed E-state index contributed by atoms with van der Waals surface area (Å²) in [6, 6.07) is 0. The highest BCUT2D eigenvalue weighted by atomic mass is 79.9. The fourth-order valence-electron chi connectivity index (χ4n) is 1.01. The van der Waals surface area contributed by atoms with Crippen LogP contribution in [0.4, 0.5) is 0 Å². The average Bonchev–Trinajstić information content (AvgIpc) is 2.08. The van der Waals surface area contributed by atoms with Crippen molar-refractivity contribution in [2.24, 2.45) is 12.8 Å². The van der Waals surface area contributed by atoms with Crippen molar-refractivity contribution in [2.45, 2.75) is 19.4 Å². The summed E-state index contributed by atoms with van der Waals surface area (Å²) in [5.41, 5.74) is 6.37. The number of hydrogen-bond donors (Lipinski definition) is 1. The minimum atomic E-state index is -0.406. The highest BCUT2D eigenvalue weighted by Gasteiger charge is 2.22. The minimum absolute atomic E-state index is 0.406. The van der Waals surface area contributed by atoms with Crippen LogP contribution in [0.5, 0.6) is 0 Å². The first-order valence-corrected chi connectivity index (χ1v) is 4.07. The van der Waals surface area contributed by atoms with Crippen molar-refractivity contribution in [3.05, 3.63) is 10.3 Å². The van der Waals surface area contributed by atoms with Crippen LogP contribution >= 0.6 is 15.9 Å². The van der Waals surface area contributed by atoms with Crippen LogP contribution in [0.1, 0.15) is 19.5 Å². The number of aromatic nitrogens is 3. The van der Waals surface area contributed by atoms with Crippen LogP contribution in [0.25, 0.3) is 0 Å². The molecule has 0 atom stereocenters. The standard InChI is InChI=1S/C6H11BrN4/c1-6(2,8)4-5(7)9-10-11(4)3/h8H2,1-3H3. The molecule has 5 heteroatoms. The van der Waals surface area contributed by atoms with Crippen LogP contribution in [-0.4, -0.2) is 15.0 Å². The lowest BCUT2D eigenvalue weighted by molar-refractivity contribution is 0.493. The van der Waals surface area contributed by atoms with Gasteiger partial charge in [-0.2, -0.15) is 0 Å². The van der Waals surface area contributed by atoms with Gasteiger partial charge in [-0.15, -0.1) is 5.10 Å². The summed E-state index contributed by atoms with van der Waals surface area (Å²) in [5.74, 6) is 0. The van der Waals surface area contributed by atoms with E-state index in [1.54, 1.807) is 4.68 Å². The molecule has 0 bridgehead atoms. The van der Waals surface area contributed by atoms with Gasteiger partial charge >= 0.3 is 0 Å². The van der Waals surface area contributed by atoms with E-state index in [-0.39, 0.29) is 0 Å². The molecule has 62 valence electrons. The molecule has 0 spiro atoms. The average molecular weight is 219 g/mol. The van der Waals surface area contributed by atoms with Crippen LogP contribution < -0.4 is 5.73 Å². The van der Waals surface area contributed by atoms with Gasteiger partial charge in [0.2, 0.25) is 0 Å². The van der Waals surface area contributed by atoms with Gasteiger partial charge in [-0.05, 0) is 29.8 Å². The Morgan fingerprint density at radius 3 is 2.27 bits per heavy atom. The summed E-state index contributed by atoms with van der Waals surface area (Å²) >= 11 is 3.28. The normalized spacial score (nSPS) is 12.1. The quantitative estimate of drug-likeness (QED) is 0.758. The SMILES string of the molecule is Cn1nnc(Br)c1C(C)(C)N. The van der Waals surface area contributed by atoms with E-state index in [2.05, 4.69) is 26.2 Å². The van der Waals surface area contributed by atoms with Crippen molar-refractivity contribution in [1.29, 1.82) is 0 Å². The Kier molecular flexibility index (Phi) is 2.02. The van der Waals surface area contributed by atoms with Crippen LogP contribution in [0, 0.1) is 0 Å². The molecule has 0 aliphatic carbocycles. The lowest BCUT2D eigenvalue weighted by atomic mass is 10.0. The van der Waals surface area contributed by atoms with Crippen molar-refractivity contribution < 1.29 is 0 Å². The molecule has 4 nitrogen and oxygen atoms in total. The maximum Gasteiger partial charge on any atom is 0.153 e. The second-order valence-electron chi connectivity index (χ2n) is 3.07. The van der Waals surface area contributed by atoms with Crippen molar-refractivity contribution in [3.63, 3.8) is 0 Å². The Hall–Kier alpha value is -0.420. The van der Waals surface area contributed by atoms with E-state index < -0.39 is 5.54 Å². The van der Waals surface area contributed by atoms with E-state index in [0.717, 1.165) is 5.69 Å². The molecule has 0 aliphatic heterocycles. The first-order valence-electron chi connectivity index (χ1n) is 3.27. The summed E-state index contributed by atoms with van der Waals surface area (Å²) in [6.07, 6.45) is 0. The van der Waals surface area contributed by atoms with Gasteiger partial charge in [-0.1, -0.05) is 5.21 Å². The molecule has 2 N–H and O–H groups in total. The Labute approximate surface area is 73.9 Å². The molecule has 0 fully saturated rings. The molecule has 1 aromatic heterocycles. The van der Waals surface area contributed by atoms with Crippen LogP contribution in [0.3, 0.4) is 0 Å². The fraction of sp³-hybridized carbons (Fsp3) is 0.667. The van der Waals surface area contributed by atoms with Crippen molar-refractivity contribution in [1.82, 2.24) is 15.0 Å². The zero-order valence-corrected chi connectivity index (χ0v) is 8.38. The third-order valence-electron chi connectivity index (χ3n) is 1.40.